The maximum atomic E-state index is 12.3. The molecule has 0 atom stereocenters. The summed E-state index contributed by atoms with van der Waals surface area (Å²) in [5, 5.41) is 0.495. The van der Waals surface area contributed by atoms with E-state index in [0.29, 0.717) is 30.4 Å². The molecule has 0 saturated heterocycles. The van der Waals surface area contributed by atoms with Crippen LogP contribution in [-0.2, 0) is 11.2 Å². The number of para-hydroxylation sites is 1. The Morgan fingerprint density at radius 2 is 1.74 bits per heavy atom. The zero-order valence-electron chi connectivity index (χ0n) is 13.0. The largest absolute Gasteiger partial charge is 0.482 e. The van der Waals surface area contributed by atoms with Gasteiger partial charge in [-0.15, -0.1) is 0 Å². The Bertz CT molecular complexity index is 619. The minimum atomic E-state index is -0.0914. The van der Waals surface area contributed by atoms with Crippen LogP contribution in [0.25, 0.3) is 0 Å². The van der Waals surface area contributed by atoms with Crippen molar-refractivity contribution in [2.45, 2.75) is 6.42 Å². The van der Waals surface area contributed by atoms with Crippen LogP contribution >= 0.6 is 11.6 Å². The highest BCUT2D eigenvalue weighted by atomic mass is 35.5. The van der Waals surface area contributed by atoms with E-state index in [1.807, 2.05) is 42.5 Å². The highest BCUT2D eigenvalue weighted by molar-refractivity contribution is 6.32. The highest BCUT2D eigenvalue weighted by Crippen LogP contribution is 2.22. The van der Waals surface area contributed by atoms with Crippen LogP contribution in [0, 0.1) is 0 Å². The number of hydrogen-bond donors (Lipinski definition) is 1. The summed E-state index contributed by atoms with van der Waals surface area (Å²) in [6.07, 6.45) is 0.790. The smallest absolute Gasteiger partial charge is 0.260 e. The van der Waals surface area contributed by atoms with Crippen LogP contribution in [0.5, 0.6) is 5.75 Å². The molecule has 0 spiro atoms. The Labute approximate surface area is 141 Å². The van der Waals surface area contributed by atoms with Crippen molar-refractivity contribution in [2.75, 3.05) is 26.2 Å². The van der Waals surface area contributed by atoms with Crippen molar-refractivity contribution >= 4 is 17.5 Å². The van der Waals surface area contributed by atoms with Gasteiger partial charge in [0, 0.05) is 19.6 Å². The third-order valence-electron chi connectivity index (χ3n) is 3.45. The van der Waals surface area contributed by atoms with Crippen LogP contribution < -0.4 is 10.5 Å². The van der Waals surface area contributed by atoms with Crippen LogP contribution in [-0.4, -0.2) is 37.0 Å². The predicted octanol–water partition coefficient (Wildman–Crippen LogP) is 2.75. The standard InChI is InChI=1S/C18H21ClN2O2/c19-16-8-4-5-9-17(16)23-14-18(22)21(13-11-20)12-10-15-6-2-1-3-7-15/h1-9H,10-14,20H2. The fraction of sp³-hybridized carbons (Fsp3) is 0.278. The van der Waals surface area contributed by atoms with Crippen molar-refractivity contribution < 1.29 is 9.53 Å². The molecule has 0 radical (unpaired) electrons. The van der Waals surface area contributed by atoms with E-state index in [0.717, 1.165) is 6.42 Å². The maximum absolute atomic E-state index is 12.3. The number of halogens is 1. The summed E-state index contributed by atoms with van der Waals surface area (Å²) >= 11 is 6.02. The summed E-state index contributed by atoms with van der Waals surface area (Å²) in [5.41, 5.74) is 6.80. The molecule has 0 bridgehead atoms. The Kier molecular flexibility index (Phi) is 6.91. The topological polar surface area (TPSA) is 55.6 Å². The number of amides is 1. The Hall–Kier alpha value is -2.04. The second kappa shape index (κ2) is 9.18. The lowest BCUT2D eigenvalue weighted by Crippen LogP contribution is -2.39. The lowest BCUT2D eigenvalue weighted by Gasteiger charge is -2.22. The number of carbonyl (C=O) groups excluding carboxylic acids is 1. The molecule has 0 aliphatic rings. The van der Waals surface area contributed by atoms with E-state index in [-0.39, 0.29) is 12.5 Å². The van der Waals surface area contributed by atoms with Crippen molar-refractivity contribution in [2.24, 2.45) is 5.73 Å². The number of nitrogens with zero attached hydrogens (tertiary/aromatic N) is 1. The fourth-order valence-electron chi connectivity index (χ4n) is 2.22. The summed E-state index contributed by atoms with van der Waals surface area (Å²) in [4.78, 5) is 14.1. The first kappa shape index (κ1) is 17.3. The van der Waals surface area contributed by atoms with E-state index < -0.39 is 0 Å². The van der Waals surface area contributed by atoms with E-state index in [1.54, 1.807) is 17.0 Å². The Balaban J connectivity index is 1.89. The first-order valence-corrected chi connectivity index (χ1v) is 7.97. The Morgan fingerprint density at radius 1 is 1.04 bits per heavy atom. The molecular formula is C18H21ClN2O2. The molecule has 2 N–H and O–H groups in total. The van der Waals surface area contributed by atoms with Gasteiger partial charge in [-0.3, -0.25) is 4.79 Å². The van der Waals surface area contributed by atoms with E-state index in [4.69, 9.17) is 22.1 Å². The molecule has 0 saturated carbocycles. The number of benzene rings is 2. The van der Waals surface area contributed by atoms with Crippen LogP contribution in [0.1, 0.15) is 5.56 Å². The van der Waals surface area contributed by atoms with Gasteiger partial charge in [0.05, 0.1) is 5.02 Å². The molecule has 122 valence electrons. The summed E-state index contributed by atoms with van der Waals surface area (Å²) in [6.45, 7) is 1.51. The van der Waals surface area contributed by atoms with Gasteiger partial charge in [-0.05, 0) is 24.1 Å². The summed E-state index contributed by atoms with van der Waals surface area (Å²) in [6, 6.07) is 17.2. The lowest BCUT2D eigenvalue weighted by molar-refractivity contribution is -0.133. The summed E-state index contributed by atoms with van der Waals surface area (Å²) in [5.74, 6) is 0.421. The first-order chi connectivity index (χ1) is 11.2. The van der Waals surface area contributed by atoms with E-state index in [9.17, 15) is 4.79 Å². The molecule has 0 aliphatic heterocycles. The number of ether oxygens (including phenoxy) is 1. The van der Waals surface area contributed by atoms with E-state index >= 15 is 0 Å². The second-order valence-electron chi connectivity index (χ2n) is 5.12. The van der Waals surface area contributed by atoms with E-state index in [2.05, 4.69) is 0 Å². The first-order valence-electron chi connectivity index (χ1n) is 7.60. The zero-order valence-corrected chi connectivity index (χ0v) is 13.7. The van der Waals surface area contributed by atoms with Gasteiger partial charge in [-0.1, -0.05) is 54.1 Å². The maximum Gasteiger partial charge on any atom is 0.260 e. The normalized spacial score (nSPS) is 10.3. The number of nitrogens with two attached hydrogens (primary N) is 1. The van der Waals surface area contributed by atoms with Crippen LogP contribution in [0.4, 0.5) is 0 Å². The molecule has 4 nitrogen and oxygen atoms in total. The van der Waals surface area contributed by atoms with Gasteiger partial charge in [0.15, 0.2) is 6.61 Å². The van der Waals surface area contributed by atoms with Crippen molar-refractivity contribution in [3.8, 4) is 5.75 Å². The number of rotatable bonds is 8. The number of hydrogen-bond acceptors (Lipinski definition) is 3. The highest BCUT2D eigenvalue weighted by Gasteiger charge is 2.14. The molecule has 1 amide bonds. The SMILES string of the molecule is NCCN(CCc1ccccc1)C(=O)COc1ccccc1Cl. The quantitative estimate of drug-likeness (QED) is 0.808. The van der Waals surface area contributed by atoms with Gasteiger partial charge in [0.2, 0.25) is 0 Å². The van der Waals surface area contributed by atoms with Gasteiger partial charge in [0.1, 0.15) is 5.75 Å². The molecule has 23 heavy (non-hydrogen) atoms. The minimum absolute atomic E-state index is 0.0431. The van der Waals surface area contributed by atoms with Gasteiger partial charge >= 0.3 is 0 Å². The lowest BCUT2D eigenvalue weighted by atomic mass is 10.1. The Morgan fingerprint density at radius 3 is 2.43 bits per heavy atom. The van der Waals surface area contributed by atoms with Crippen LogP contribution in [0.3, 0.4) is 0 Å². The van der Waals surface area contributed by atoms with Crippen molar-refractivity contribution in [1.29, 1.82) is 0 Å². The average molecular weight is 333 g/mol. The molecule has 0 unspecified atom stereocenters. The van der Waals surface area contributed by atoms with Gasteiger partial charge in [-0.25, -0.2) is 0 Å². The zero-order chi connectivity index (χ0) is 16.5. The van der Waals surface area contributed by atoms with Gasteiger partial charge in [0.25, 0.3) is 5.91 Å². The van der Waals surface area contributed by atoms with Gasteiger partial charge < -0.3 is 15.4 Å². The number of carbonyl (C=O) groups is 1. The molecule has 2 aromatic rings. The molecule has 2 rings (SSSR count). The monoisotopic (exact) mass is 332 g/mol. The molecule has 0 aliphatic carbocycles. The van der Waals surface area contributed by atoms with Crippen molar-refractivity contribution in [3.05, 3.63) is 65.2 Å². The molecule has 0 fully saturated rings. The third kappa shape index (κ3) is 5.58. The average Bonchev–Trinajstić information content (AvgIpc) is 2.58. The summed E-state index contributed by atoms with van der Waals surface area (Å²) < 4.78 is 5.51. The molecule has 0 heterocycles. The van der Waals surface area contributed by atoms with Gasteiger partial charge in [-0.2, -0.15) is 0 Å². The minimum Gasteiger partial charge on any atom is -0.482 e. The predicted molar refractivity (Wildman–Crippen MR) is 92.7 cm³/mol. The van der Waals surface area contributed by atoms with Crippen molar-refractivity contribution in [3.63, 3.8) is 0 Å². The summed E-state index contributed by atoms with van der Waals surface area (Å²) in [7, 11) is 0. The van der Waals surface area contributed by atoms with E-state index in [1.165, 1.54) is 5.56 Å². The molecule has 5 heteroatoms. The van der Waals surface area contributed by atoms with Crippen LogP contribution in [0.15, 0.2) is 54.6 Å². The fourth-order valence-corrected chi connectivity index (χ4v) is 2.41. The van der Waals surface area contributed by atoms with Crippen LogP contribution in [0.2, 0.25) is 5.02 Å². The third-order valence-corrected chi connectivity index (χ3v) is 3.76. The van der Waals surface area contributed by atoms with Crippen molar-refractivity contribution in [1.82, 2.24) is 4.90 Å². The second-order valence-corrected chi connectivity index (χ2v) is 5.53. The molecule has 2 aromatic carbocycles. The molecular weight excluding hydrogens is 312 g/mol. The molecule has 0 aromatic heterocycles.